The number of hydrogen-bond donors (Lipinski definition) is 1. The number of hydrogen-bond acceptors (Lipinski definition) is 7. The first-order chi connectivity index (χ1) is 22.6. The number of likely N-dealkylation sites (tertiary alicyclic amines) is 1. The van der Waals surface area contributed by atoms with Crippen LogP contribution in [-0.4, -0.2) is 68.0 Å². The van der Waals surface area contributed by atoms with Gasteiger partial charge in [0.1, 0.15) is 12.1 Å². The topological polar surface area (TPSA) is 120 Å². The van der Waals surface area contributed by atoms with Gasteiger partial charge in [-0.05, 0) is 89.5 Å². The summed E-state index contributed by atoms with van der Waals surface area (Å²) in [4.78, 5) is 47.4. The summed E-state index contributed by atoms with van der Waals surface area (Å²) in [5, 5.41) is 7.01. The average molecular weight is 691 g/mol. The molecule has 0 bridgehead atoms. The van der Waals surface area contributed by atoms with E-state index < -0.39 is 34.8 Å². The maximum atomic E-state index is 14.4. The third-order valence-corrected chi connectivity index (χ3v) is 9.48. The number of rotatable bonds is 4. The minimum Gasteiger partial charge on any atom is -0.444 e. The molecule has 1 spiro atoms. The highest BCUT2D eigenvalue weighted by Crippen LogP contribution is 2.44. The normalized spacial score (nSPS) is 20.3. The SMILES string of the molecule is CC(C)(C)OC(=O)N1CCCC2(CCCc3c2c(=O)n2nc(C4=CCOCC4)nc2n3CC(=O)Nc2ccc(C(F)(F)F)cc2Cl)CC1. The van der Waals surface area contributed by atoms with Crippen LogP contribution in [0.25, 0.3) is 11.4 Å². The van der Waals surface area contributed by atoms with Crippen LogP contribution in [0, 0.1) is 0 Å². The van der Waals surface area contributed by atoms with Crippen LogP contribution in [0.3, 0.4) is 0 Å². The van der Waals surface area contributed by atoms with E-state index in [-0.39, 0.29) is 28.6 Å². The smallest absolute Gasteiger partial charge is 0.416 e. The largest absolute Gasteiger partial charge is 0.444 e. The lowest BCUT2D eigenvalue weighted by Crippen LogP contribution is -2.43. The van der Waals surface area contributed by atoms with Crippen LogP contribution < -0.4 is 10.9 Å². The molecule has 15 heteroatoms. The average Bonchev–Trinajstić information content (AvgIpc) is 3.36. The van der Waals surface area contributed by atoms with E-state index >= 15 is 0 Å². The van der Waals surface area contributed by atoms with E-state index in [1.165, 1.54) is 4.52 Å². The summed E-state index contributed by atoms with van der Waals surface area (Å²) in [5.41, 5.74) is -0.381. The zero-order chi connectivity index (χ0) is 34.4. The monoisotopic (exact) mass is 690 g/mol. The Morgan fingerprint density at radius 3 is 2.56 bits per heavy atom. The molecule has 3 aliphatic rings. The number of aromatic nitrogens is 4. The van der Waals surface area contributed by atoms with Crippen molar-refractivity contribution in [3.05, 3.63) is 62.3 Å². The molecule has 1 aromatic carbocycles. The number of amides is 2. The highest BCUT2D eigenvalue weighted by atomic mass is 35.5. The predicted octanol–water partition coefficient (Wildman–Crippen LogP) is 6.00. The van der Waals surface area contributed by atoms with Crippen LogP contribution >= 0.6 is 11.6 Å². The molecule has 0 saturated carbocycles. The Morgan fingerprint density at radius 1 is 1.10 bits per heavy atom. The third kappa shape index (κ3) is 6.82. The Labute approximate surface area is 280 Å². The summed E-state index contributed by atoms with van der Waals surface area (Å²) < 4.78 is 53.6. The molecule has 48 heavy (non-hydrogen) atoms. The number of carbonyl (C=O) groups is 2. The second kappa shape index (κ2) is 12.8. The van der Waals surface area contributed by atoms with Crippen LogP contribution in [0.15, 0.2) is 29.1 Å². The van der Waals surface area contributed by atoms with Crippen LogP contribution in [-0.2, 0) is 38.8 Å². The van der Waals surface area contributed by atoms with Gasteiger partial charge in [-0.1, -0.05) is 17.7 Å². The summed E-state index contributed by atoms with van der Waals surface area (Å²) in [6, 6.07) is 2.73. The lowest BCUT2D eigenvalue weighted by molar-refractivity contribution is -0.137. The summed E-state index contributed by atoms with van der Waals surface area (Å²) in [5.74, 6) is -0.00426. The quantitative estimate of drug-likeness (QED) is 0.357. The van der Waals surface area contributed by atoms with Crippen molar-refractivity contribution in [2.24, 2.45) is 0 Å². The van der Waals surface area contributed by atoms with E-state index in [1.807, 2.05) is 26.8 Å². The van der Waals surface area contributed by atoms with E-state index in [4.69, 9.17) is 26.1 Å². The van der Waals surface area contributed by atoms with Crippen molar-refractivity contribution in [2.75, 3.05) is 31.6 Å². The highest BCUT2D eigenvalue weighted by molar-refractivity contribution is 6.33. The molecule has 1 N–H and O–H groups in total. The van der Waals surface area contributed by atoms with Crippen molar-refractivity contribution in [2.45, 2.75) is 89.5 Å². The molecule has 2 amide bonds. The van der Waals surface area contributed by atoms with Gasteiger partial charge >= 0.3 is 12.3 Å². The number of anilines is 1. The lowest BCUT2D eigenvalue weighted by Gasteiger charge is -2.38. The standard InChI is InChI=1S/C33H38ClF3N6O5/c1-31(2,3)48-30(46)41-14-5-12-32(13-15-41)11-4-6-24-26(32)28(45)43-29(39-27(40-43)20-9-16-47-17-10-20)42(24)19-25(44)38-23-8-7-21(18-22(23)34)33(35,36)37/h7-9,18H,4-6,10-17,19H2,1-3H3,(H,38,44). The van der Waals surface area contributed by atoms with Gasteiger partial charge in [0, 0.05) is 29.8 Å². The molecule has 258 valence electrons. The van der Waals surface area contributed by atoms with Gasteiger partial charge in [-0.25, -0.2) is 4.79 Å². The maximum absolute atomic E-state index is 14.4. The molecular weight excluding hydrogens is 653 g/mol. The first-order valence-corrected chi connectivity index (χ1v) is 16.5. The minimum atomic E-state index is -4.59. The van der Waals surface area contributed by atoms with E-state index in [0.29, 0.717) is 75.5 Å². The molecule has 11 nitrogen and oxygen atoms in total. The Hall–Kier alpha value is -3.91. The third-order valence-electron chi connectivity index (χ3n) is 9.17. The van der Waals surface area contributed by atoms with E-state index in [9.17, 15) is 27.6 Å². The molecule has 6 rings (SSSR count). The number of ether oxygens (including phenoxy) is 2. The van der Waals surface area contributed by atoms with Crippen LogP contribution in [0.4, 0.5) is 23.7 Å². The number of fused-ring (bicyclic) bond motifs is 3. The van der Waals surface area contributed by atoms with Gasteiger partial charge in [0.05, 0.1) is 29.5 Å². The first kappa shape index (κ1) is 34.0. The highest BCUT2D eigenvalue weighted by Gasteiger charge is 2.43. The van der Waals surface area contributed by atoms with Gasteiger partial charge in [0.15, 0.2) is 5.82 Å². The molecule has 1 saturated heterocycles. The lowest BCUT2D eigenvalue weighted by atomic mass is 9.67. The van der Waals surface area contributed by atoms with Crippen LogP contribution in [0.5, 0.6) is 0 Å². The molecule has 1 aliphatic carbocycles. The molecule has 3 aromatic rings. The van der Waals surface area contributed by atoms with Crippen LogP contribution in [0.2, 0.25) is 5.02 Å². The van der Waals surface area contributed by atoms with Crippen molar-refractivity contribution in [1.29, 1.82) is 0 Å². The number of benzene rings is 1. The van der Waals surface area contributed by atoms with E-state index in [1.54, 1.807) is 9.47 Å². The van der Waals surface area contributed by atoms with Crippen molar-refractivity contribution in [1.82, 2.24) is 24.1 Å². The molecule has 2 aromatic heterocycles. The van der Waals surface area contributed by atoms with Crippen LogP contribution in [0.1, 0.15) is 81.9 Å². The fourth-order valence-corrected chi connectivity index (χ4v) is 7.20. The summed E-state index contributed by atoms with van der Waals surface area (Å²) in [7, 11) is 0. The van der Waals surface area contributed by atoms with Gasteiger partial charge in [-0.2, -0.15) is 22.7 Å². The van der Waals surface area contributed by atoms with Crippen molar-refractivity contribution >= 4 is 40.6 Å². The molecule has 4 heterocycles. The van der Waals surface area contributed by atoms with Gasteiger partial charge in [0.25, 0.3) is 5.56 Å². The van der Waals surface area contributed by atoms with E-state index in [2.05, 4.69) is 10.4 Å². The molecule has 1 atom stereocenters. The Morgan fingerprint density at radius 2 is 1.88 bits per heavy atom. The van der Waals surface area contributed by atoms with Crippen molar-refractivity contribution in [3.8, 4) is 0 Å². The number of alkyl halides is 3. The molecule has 1 unspecified atom stereocenters. The Balaban J connectivity index is 1.40. The Kier molecular flexibility index (Phi) is 9.09. The number of nitrogens with zero attached hydrogens (tertiary/aromatic N) is 5. The fraction of sp³-hybridized carbons (Fsp3) is 0.545. The van der Waals surface area contributed by atoms with Gasteiger partial charge in [-0.3, -0.25) is 9.59 Å². The number of carbonyl (C=O) groups excluding carboxylic acids is 2. The predicted molar refractivity (Wildman–Crippen MR) is 172 cm³/mol. The van der Waals surface area contributed by atoms with Crippen molar-refractivity contribution in [3.63, 3.8) is 0 Å². The van der Waals surface area contributed by atoms with E-state index in [0.717, 1.165) is 36.6 Å². The van der Waals surface area contributed by atoms with Gasteiger partial charge < -0.3 is 24.3 Å². The number of nitrogens with one attached hydrogen (secondary N) is 1. The molecule has 1 fully saturated rings. The Bertz CT molecular complexity index is 1850. The first-order valence-electron chi connectivity index (χ1n) is 16.1. The molecular formula is C33H38ClF3N6O5. The summed E-state index contributed by atoms with van der Waals surface area (Å²) in [6.45, 7) is 6.93. The summed E-state index contributed by atoms with van der Waals surface area (Å²) in [6.07, 6.45) is 1.24. The fourth-order valence-electron chi connectivity index (χ4n) is 6.97. The second-order valence-corrected chi connectivity index (χ2v) is 14.0. The maximum Gasteiger partial charge on any atom is 0.416 e. The molecule has 2 aliphatic heterocycles. The van der Waals surface area contributed by atoms with Crippen molar-refractivity contribution < 1.29 is 32.2 Å². The summed E-state index contributed by atoms with van der Waals surface area (Å²) >= 11 is 6.14. The number of halogens is 4. The minimum absolute atomic E-state index is 0.0255. The zero-order valence-corrected chi connectivity index (χ0v) is 27.8. The molecule has 0 radical (unpaired) electrons. The zero-order valence-electron chi connectivity index (χ0n) is 27.1. The van der Waals surface area contributed by atoms with Gasteiger partial charge in [0.2, 0.25) is 11.7 Å². The van der Waals surface area contributed by atoms with Gasteiger partial charge in [-0.15, -0.1) is 5.10 Å². The second-order valence-electron chi connectivity index (χ2n) is 13.6.